The summed E-state index contributed by atoms with van der Waals surface area (Å²) in [7, 11) is -3.42. The van der Waals surface area contributed by atoms with Gasteiger partial charge in [-0.1, -0.05) is 48.8 Å². The lowest BCUT2D eigenvalue weighted by atomic mass is 10.2. The maximum absolute atomic E-state index is 12.4. The summed E-state index contributed by atoms with van der Waals surface area (Å²) in [6.07, 6.45) is 2.68. The number of thiazole rings is 1. The Morgan fingerprint density at radius 1 is 1.12 bits per heavy atom. The molecule has 0 aliphatic heterocycles. The summed E-state index contributed by atoms with van der Waals surface area (Å²) >= 11 is 1.44. The highest BCUT2D eigenvalue weighted by Crippen LogP contribution is 2.24. The van der Waals surface area contributed by atoms with E-state index in [-0.39, 0.29) is 17.4 Å². The lowest BCUT2D eigenvalue weighted by molar-refractivity contribution is 0.382. The Bertz CT molecular complexity index is 918. The summed E-state index contributed by atoms with van der Waals surface area (Å²) in [6, 6.07) is 9.69. The van der Waals surface area contributed by atoms with Crippen LogP contribution in [0, 0.1) is 0 Å². The number of hydrogen-bond donors (Lipinski definition) is 0. The first-order valence-corrected chi connectivity index (χ1v) is 10.8. The predicted molar refractivity (Wildman–Crippen MR) is 96.8 cm³/mol. The summed E-state index contributed by atoms with van der Waals surface area (Å²) in [5.74, 6) is 0.310. The number of aryl methyl sites for hydroxylation is 1. The van der Waals surface area contributed by atoms with Crippen molar-refractivity contribution < 1.29 is 12.9 Å². The largest absolute Gasteiger partial charge is 0.338 e. The predicted octanol–water partition coefficient (Wildman–Crippen LogP) is 3.65. The van der Waals surface area contributed by atoms with E-state index in [1.807, 2.05) is 30.3 Å². The maximum Gasteiger partial charge on any atom is 0.241 e. The van der Waals surface area contributed by atoms with Crippen LogP contribution in [0.4, 0.5) is 0 Å². The number of unbranched alkanes of at least 4 members (excludes halogenated alkanes) is 1. The number of hydrogen-bond acceptors (Lipinski definition) is 7. The molecular weight excluding hydrogens is 358 g/mol. The zero-order valence-corrected chi connectivity index (χ0v) is 15.5. The highest BCUT2D eigenvalue weighted by molar-refractivity contribution is 7.89. The van der Waals surface area contributed by atoms with Crippen LogP contribution in [-0.4, -0.2) is 23.5 Å². The second-order valence-electron chi connectivity index (χ2n) is 5.75. The van der Waals surface area contributed by atoms with Gasteiger partial charge in [-0.05, 0) is 6.42 Å². The summed E-state index contributed by atoms with van der Waals surface area (Å²) < 4.78 is 29.8. The molecule has 0 spiro atoms. The highest BCUT2D eigenvalue weighted by atomic mass is 32.2. The standard InChI is InChI=1S/C17H19N3O3S2/c1-2-3-9-15-19-16(23-20-15)12-25(21,22)11-14-10-24-17(18-14)13-7-5-4-6-8-13/h4-8,10H,2-3,9,11-12H2,1H3. The Morgan fingerprint density at radius 2 is 1.92 bits per heavy atom. The normalized spacial score (nSPS) is 11.7. The molecule has 0 saturated heterocycles. The fourth-order valence-electron chi connectivity index (χ4n) is 2.34. The van der Waals surface area contributed by atoms with E-state index < -0.39 is 9.84 Å². The van der Waals surface area contributed by atoms with Gasteiger partial charge in [0.2, 0.25) is 5.89 Å². The van der Waals surface area contributed by atoms with Crippen molar-refractivity contribution in [3.05, 3.63) is 53.1 Å². The summed E-state index contributed by atoms with van der Waals surface area (Å²) in [5, 5.41) is 6.41. The third-order valence-corrected chi connectivity index (χ3v) is 5.91. The fraction of sp³-hybridized carbons (Fsp3) is 0.353. The zero-order valence-electron chi connectivity index (χ0n) is 13.9. The molecule has 0 amide bonds. The molecule has 1 aromatic carbocycles. The number of nitrogens with zero attached hydrogens (tertiary/aromatic N) is 3. The van der Waals surface area contributed by atoms with Crippen LogP contribution in [0.5, 0.6) is 0 Å². The number of aromatic nitrogens is 3. The first kappa shape index (κ1) is 17.8. The van der Waals surface area contributed by atoms with E-state index in [1.54, 1.807) is 5.38 Å². The van der Waals surface area contributed by atoms with Gasteiger partial charge >= 0.3 is 0 Å². The molecule has 25 heavy (non-hydrogen) atoms. The lowest BCUT2D eigenvalue weighted by Crippen LogP contribution is -2.08. The molecule has 8 heteroatoms. The van der Waals surface area contributed by atoms with Crippen molar-refractivity contribution in [1.82, 2.24) is 15.1 Å². The average Bonchev–Trinajstić information content (AvgIpc) is 3.22. The molecule has 0 aliphatic rings. The minimum atomic E-state index is -3.42. The molecule has 3 aromatic rings. The Hall–Kier alpha value is -2.06. The molecule has 3 rings (SSSR count). The minimum absolute atomic E-state index is 0.136. The molecule has 0 N–H and O–H groups in total. The monoisotopic (exact) mass is 377 g/mol. The lowest BCUT2D eigenvalue weighted by Gasteiger charge is -1.98. The van der Waals surface area contributed by atoms with Crippen molar-refractivity contribution in [3.63, 3.8) is 0 Å². The molecule has 0 radical (unpaired) electrons. The molecule has 2 aromatic heterocycles. The van der Waals surface area contributed by atoms with Gasteiger partial charge in [-0.25, -0.2) is 13.4 Å². The Morgan fingerprint density at radius 3 is 2.68 bits per heavy atom. The molecular formula is C17H19N3O3S2. The molecule has 0 atom stereocenters. The van der Waals surface area contributed by atoms with Gasteiger partial charge in [-0.3, -0.25) is 0 Å². The molecule has 0 saturated carbocycles. The van der Waals surface area contributed by atoms with E-state index in [2.05, 4.69) is 22.0 Å². The molecule has 0 bridgehead atoms. The van der Waals surface area contributed by atoms with Crippen molar-refractivity contribution in [2.45, 2.75) is 37.7 Å². The van der Waals surface area contributed by atoms with E-state index in [4.69, 9.17) is 4.52 Å². The third-order valence-electron chi connectivity index (χ3n) is 3.55. The molecule has 0 unspecified atom stereocenters. The topological polar surface area (TPSA) is 86.0 Å². The summed E-state index contributed by atoms with van der Waals surface area (Å²) in [6.45, 7) is 2.07. The first-order chi connectivity index (χ1) is 12.1. The number of sulfone groups is 1. The fourth-order valence-corrected chi connectivity index (χ4v) is 4.46. The van der Waals surface area contributed by atoms with Crippen LogP contribution < -0.4 is 0 Å². The third kappa shape index (κ3) is 4.96. The Kier molecular flexibility index (Phi) is 5.60. The van der Waals surface area contributed by atoms with Gasteiger partial charge in [0.25, 0.3) is 0 Å². The van der Waals surface area contributed by atoms with Crippen molar-refractivity contribution in [2.75, 3.05) is 0 Å². The maximum atomic E-state index is 12.4. The van der Waals surface area contributed by atoms with E-state index in [1.165, 1.54) is 11.3 Å². The van der Waals surface area contributed by atoms with E-state index in [9.17, 15) is 8.42 Å². The quantitative estimate of drug-likeness (QED) is 0.595. The number of benzene rings is 1. The van der Waals surface area contributed by atoms with Crippen LogP contribution in [0.1, 0.15) is 37.2 Å². The van der Waals surface area contributed by atoms with Gasteiger partial charge in [0.05, 0.1) is 11.4 Å². The molecule has 0 fully saturated rings. The highest BCUT2D eigenvalue weighted by Gasteiger charge is 2.20. The SMILES string of the molecule is CCCCc1noc(CS(=O)(=O)Cc2csc(-c3ccccc3)n2)n1. The van der Waals surface area contributed by atoms with Gasteiger partial charge in [0.1, 0.15) is 10.8 Å². The van der Waals surface area contributed by atoms with Crippen LogP contribution in [-0.2, 0) is 27.8 Å². The number of rotatable bonds is 8. The van der Waals surface area contributed by atoms with Crippen LogP contribution in [0.3, 0.4) is 0 Å². The van der Waals surface area contributed by atoms with Gasteiger partial charge < -0.3 is 4.52 Å². The van der Waals surface area contributed by atoms with Gasteiger partial charge in [-0.15, -0.1) is 11.3 Å². The van der Waals surface area contributed by atoms with Gasteiger partial charge in [-0.2, -0.15) is 4.98 Å². The van der Waals surface area contributed by atoms with Crippen LogP contribution >= 0.6 is 11.3 Å². The van der Waals surface area contributed by atoms with E-state index >= 15 is 0 Å². The van der Waals surface area contributed by atoms with Gasteiger partial charge in [0, 0.05) is 17.4 Å². The van der Waals surface area contributed by atoms with Crippen molar-refractivity contribution in [3.8, 4) is 10.6 Å². The van der Waals surface area contributed by atoms with Crippen LogP contribution in [0.15, 0.2) is 40.2 Å². The zero-order chi connectivity index (χ0) is 17.7. The molecule has 2 heterocycles. The summed E-state index contributed by atoms with van der Waals surface area (Å²) in [4.78, 5) is 8.58. The van der Waals surface area contributed by atoms with Crippen molar-refractivity contribution in [1.29, 1.82) is 0 Å². The van der Waals surface area contributed by atoms with Crippen LogP contribution in [0.25, 0.3) is 10.6 Å². The molecule has 132 valence electrons. The van der Waals surface area contributed by atoms with Crippen molar-refractivity contribution >= 4 is 21.2 Å². The molecule has 6 nitrogen and oxygen atoms in total. The Balaban J connectivity index is 1.65. The second kappa shape index (κ2) is 7.88. The molecule has 0 aliphatic carbocycles. The average molecular weight is 377 g/mol. The Labute approximate surface area is 150 Å². The smallest absolute Gasteiger partial charge is 0.241 e. The van der Waals surface area contributed by atoms with Crippen LogP contribution in [0.2, 0.25) is 0 Å². The van der Waals surface area contributed by atoms with E-state index in [0.717, 1.165) is 23.4 Å². The van der Waals surface area contributed by atoms with Gasteiger partial charge in [0.15, 0.2) is 15.7 Å². The first-order valence-electron chi connectivity index (χ1n) is 8.07. The summed E-state index contributed by atoms with van der Waals surface area (Å²) in [5.41, 5.74) is 1.52. The van der Waals surface area contributed by atoms with Crippen molar-refractivity contribution in [2.24, 2.45) is 0 Å². The minimum Gasteiger partial charge on any atom is -0.338 e. The van der Waals surface area contributed by atoms with E-state index in [0.29, 0.717) is 17.9 Å². The second-order valence-corrected chi connectivity index (χ2v) is 8.67.